The largest absolute Gasteiger partial charge is 0.477 e. The molecule has 35 heavy (non-hydrogen) atoms. The van der Waals surface area contributed by atoms with Crippen molar-refractivity contribution >= 4 is 40.4 Å². The highest BCUT2D eigenvalue weighted by molar-refractivity contribution is 6.38. The van der Waals surface area contributed by atoms with Crippen LogP contribution >= 0.6 is 11.6 Å². The van der Waals surface area contributed by atoms with E-state index in [0.29, 0.717) is 24.2 Å². The summed E-state index contributed by atoms with van der Waals surface area (Å²) in [6, 6.07) is 7.31. The first kappa shape index (κ1) is 23.5. The monoisotopic (exact) mass is 499 g/mol. The minimum Gasteiger partial charge on any atom is -0.477 e. The van der Waals surface area contributed by atoms with Crippen LogP contribution in [0.15, 0.2) is 46.3 Å². The number of carbonyl (C=O) groups is 1. The average Bonchev–Trinajstić information content (AvgIpc) is 3.67. The number of aliphatic imine (C=N–C) groups is 1. The smallest absolute Gasteiger partial charge is 0.341 e. The number of fused-ring (bicyclic) bond motifs is 1. The molecule has 1 atom stereocenters. The molecule has 5 rings (SSSR count). The Morgan fingerprint density at radius 3 is 2.63 bits per heavy atom. The van der Waals surface area contributed by atoms with E-state index in [1.165, 1.54) is 18.5 Å². The molecule has 0 radical (unpaired) electrons. The van der Waals surface area contributed by atoms with Crippen LogP contribution in [0.5, 0.6) is 0 Å². The molecule has 1 saturated carbocycles. The first-order chi connectivity index (χ1) is 16.8. The summed E-state index contributed by atoms with van der Waals surface area (Å²) in [4.78, 5) is 30.9. The molecule has 3 aromatic rings. The Hall–Kier alpha value is -3.26. The summed E-state index contributed by atoms with van der Waals surface area (Å²) in [6.45, 7) is 0.933. The summed E-state index contributed by atoms with van der Waals surface area (Å²) >= 11 is 6.78. The maximum atomic E-state index is 15.5. The second kappa shape index (κ2) is 9.41. The molecule has 0 spiro atoms. The number of pyridine rings is 1. The van der Waals surface area contributed by atoms with Gasteiger partial charge in [-0.2, -0.15) is 0 Å². The third kappa shape index (κ3) is 4.55. The fraction of sp³-hybridized carbons (Fsp3) is 0.346. The van der Waals surface area contributed by atoms with E-state index in [0.717, 1.165) is 38.2 Å². The number of benzene rings is 2. The molecule has 182 valence electrons. The van der Waals surface area contributed by atoms with Gasteiger partial charge < -0.3 is 14.6 Å². The zero-order chi connectivity index (χ0) is 24.7. The van der Waals surface area contributed by atoms with Crippen molar-refractivity contribution in [2.24, 2.45) is 4.99 Å². The number of hydrogen-bond acceptors (Lipinski definition) is 4. The highest BCUT2D eigenvalue weighted by Crippen LogP contribution is 2.42. The van der Waals surface area contributed by atoms with E-state index in [1.807, 2.05) is 4.90 Å². The number of halogens is 3. The summed E-state index contributed by atoms with van der Waals surface area (Å²) in [5, 5.41) is 9.54. The van der Waals surface area contributed by atoms with Gasteiger partial charge in [0.2, 0.25) is 5.43 Å². The Morgan fingerprint density at radius 2 is 1.91 bits per heavy atom. The SMILES string of the molecule is O=C(O)c1cn(C2CC2)c2c(Cl)c(N3CCCC[C@@H](/N=C/c4ccccc4F)C3)c(F)cc2c1=O. The topological polar surface area (TPSA) is 74.9 Å². The first-order valence-electron chi connectivity index (χ1n) is 11.7. The fourth-order valence-electron chi connectivity index (χ4n) is 4.72. The third-order valence-electron chi connectivity index (χ3n) is 6.65. The molecule has 6 nitrogen and oxygen atoms in total. The number of aromatic nitrogens is 1. The van der Waals surface area contributed by atoms with E-state index in [-0.39, 0.29) is 34.0 Å². The van der Waals surface area contributed by atoms with Crippen LogP contribution in [-0.2, 0) is 0 Å². The molecular formula is C26H24ClF2N3O3. The molecule has 1 aliphatic carbocycles. The molecule has 0 amide bonds. The molecule has 9 heteroatoms. The van der Waals surface area contributed by atoms with E-state index in [2.05, 4.69) is 4.99 Å². The van der Waals surface area contributed by atoms with Gasteiger partial charge in [0.15, 0.2) is 0 Å². The Morgan fingerprint density at radius 1 is 1.14 bits per heavy atom. The minimum atomic E-state index is -1.35. The third-order valence-corrected chi connectivity index (χ3v) is 7.00. The molecule has 0 unspecified atom stereocenters. The molecule has 1 saturated heterocycles. The van der Waals surface area contributed by atoms with Gasteiger partial charge in [0, 0.05) is 37.1 Å². The van der Waals surface area contributed by atoms with Crippen molar-refractivity contribution in [2.75, 3.05) is 18.0 Å². The molecule has 2 fully saturated rings. The van der Waals surface area contributed by atoms with E-state index in [1.54, 1.807) is 22.8 Å². The van der Waals surface area contributed by atoms with Gasteiger partial charge in [0.05, 0.1) is 27.7 Å². The van der Waals surface area contributed by atoms with Gasteiger partial charge in [-0.3, -0.25) is 9.79 Å². The summed E-state index contributed by atoms with van der Waals surface area (Å²) in [6.07, 6.45) is 6.93. The van der Waals surface area contributed by atoms with E-state index >= 15 is 4.39 Å². The number of anilines is 1. The van der Waals surface area contributed by atoms with Crippen molar-refractivity contribution in [1.82, 2.24) is 4.57 Å². The minimum absolute atomic E-state index is 0.0225. The molecule has 2 aromatic carbocycles. The molecular weight excluding hydrogens is 476 g/mol. The highest BCUT2D eigenvalue weighted by Gasteiger charge is 2.31. The van der Waals surface area contributed by atoms with Crippen LogP contribution < -0.4 is 10.3 Å². The highest BCUT2D eigenvalue weighted by atomic mass is 35.5. The number of hydrogen-bond donors (Lipinski definition) is 1. The Balaban J connectivity index is 1.56. The number of carboxylic acid groups (broad SMARTS) is 1. The summed E-state index contributed by atoms with van der Waals surface area (Å²) in [5.41, 5.74) is -0.217. The van der Waals surface area contributed by atoms with E-state index in [4.69, 9.17) is 11.6 Å². The lowest BCUT2D eigenvalue weighted by atomic mass is 10.1. The lowest BCUT2D eigenvalue weighted by Gasteiger charge is -2.27. The summed E-state index contributed by atoms with van der Waals surface area (Å²) in [5.74, 6) is -2.39. The molecule has 1 aromatic heterocycles. The lowest BCUT2D eigenvalue weighted by molar-refractivity contribution is 0.0695. The maximum Gasteiger partial charge on any atom is 0.341 e. The van der Waals surface area contributed by atoms with Crippen LogP contribution in [0, 0.1) is 11.6 Å². The van der Waals surface area contributed by atoms with Crippen LogP contribution in [-0.4, -0.2) is 41.0 Å². The molecule has 0 bridgehead atoms. The Kier molecular flexibility index (Phi) is 6.32. The number of rotatable bonds is 5. The van der Waals surface area contributed by atoms with Crippen molar-refractivity contribution in [1.29, 1.82) is 0 Å². The van der Waals surface area contributed by atoms with Gasteiger partial charge in [0.25, 0.3) is 0 Å². The van der Waals surface area contributed by atoms with Crippen molar-refractivity contribution in [2.45, 2.75) is 44.2 Å². The van der Waals surface area contributed by atoms with E-state index < -0.39 is 22.8 Å². The number of aromatic carboxylic acids is 1. The standard InChI is InChI=1S/C26H24ClF2N3O3/c27-22-23-18(25(33)19(26(34)35)14-32(23)17-8-9-17)11-21(29)24(22)31-10-4-3-6-16(13-31)30-12-15-5-1-2-7-20(15)28/h1-2,5,7,11-12,14,16-17H,3-4,6,8-10,13H2,(H,34,35)/b30-12+/t16-/m1/s1. The molecule has 2 aliphatic rings. The Bertz CT molecular complexity index is 1400. The zero-order valence-corrected chi connectivity index (χ0v) is 19.6. The van der Waals surface area contributed by atoms with Crippen molar-refractivity contribution < 1.29 is 18.7 Å². The average molecular weight is 500 g/mol. The fourth-order valence-corrected chi connectivity index (χ4v) is 5.13. The second-order valence-electron chi connectivity index (χ2n) is 9.13. The second-order valence-corrected chi connectivity index (χ2v) is 9.51. The molecule has 1 aliphatic heterocycles. The van der Waals surface area contributed by atoms with Crippen LogP contribution in [0.2, 0.25) is 5.02 Å². The van der Waals surface area contributed by atoms with Crippen molar-refractivity contribution in [3.63, 3.8) is 0 Å². The first-order valence-corrected chi connectivity index (χ1v) is 12.1. The normalized spacial score (nSPS) is 18.8. The van der Waals surface area contributed by atoms with Gasteiger partial charge in [0.1, 0.15) is 17.2 Å². The van der Waals surface area contributed by atoms with Crippen LogP contribution in [0.3, 0.4) is 0 Å². The maximum absolute atomic E-state index is 15.5. The number of carboxylic acids is 1. The number of nitrogens with zero attached hydrogens (tertiary/aromatic N) is 3. The summed E-state index contributed by atoms with van der Waals surface area (Å²) < 4.78 is 31.2. The van der Waals surface area contributed by atoms with Crippen molar-refractivity contribution in [3.05, 3.63) is 74.5 Å². The summed E-state index contributed by atoms with van der Waals surface area (Å²) in [7, 11) is 0. The molecule has 1 N–H and O–H groups in total. The van der Waals surface area contributed by atoms with Gasteiger partial charge in [-0.15, -0.1) is 0 Å². The zero-order valence-electron chi connectivity index (χ0n) is 18.9. The predicted octanol–water partition coefficient (Wildman–Crippen LogP) is 5.44. The predicted molar refractivity (Wildman–Crippen MR) is 132 cm³/mol. The Labute approximate surface area is 205 Å². The van der Waals surface area contributed by atoms with E-state index in [9.17, 15) is 19.1 Å². The van der Waals surface area contributed by atoms with Gasteiger partial charge >= 0.3 is 5.97 Å². The van der Waals surface area contributed by atoms with Crippen molar-refractivity contribution in [3.8, 4) is 0 Å². The van der Waals surface area contributed by atoms with Gasteiger partial charge in [-0.05, 0) is 44.2 Å². The van der Waals surface area contributed by atoms with Gasteiger partial charge in [-0.25, -0.2) is 13.6 Å². The molecule has 2 heterocycles. The van der Waals surface area contributed by atoms with Crippen LogP contribution in [0.25, 0.3) is 10.9 Å². The quantitative estimate of drug-likeness (QED) is 0.474. The van der Waals surface area contributed by atoms with Crippen LogP contribution in [0.4, 0.5) is 14.5 Å². The van der Waals surface area contributed by atoms with Crippen LogP contribution in [0.1, 0.15) is 54.1 Å². The lowest BCUT2D eigenvalue weighted by Crippen LogP contribution is -2.31. The van der Waals surface area contributed by atoms with Gasteiger partial charge in [-0.1, -0.05) is 29.8 Å².